The monoisotopic (exact) mass is 324 g/mol. The predicted octanol–water partition coefficient (Wildman–Crippen LogP) is 2.03. The van der Waals surface area contributed by atoms with Gasteiger partial charge in [-0.3, -0.25) is 0 Å². The first kappa shape index (κ1) is 14.9. The van der Waals surface area contributed by atoms with E-state index < -0.39 is 10.0 Å². The lowest BCUT2D eigenvalue weighted by Gasteiger charge is -2.34. The van der Waals surface area contributed by atoms with Crippen molar-refractivity contribution in [2.45, 2.75) is 29.9 Å². The molecule has 0 amide bonds. The van der Waals surface area contributed by atoms with E-state index in [4.69, 9.17) is 33.7 Å². The summed E-state index contributed by atoms with van der Waals surface area (Å²) in [6.45, 7) is 0. The number of nitrogens with two attached hydrogens (primary N) is 1. The third-order valence-electron chi connectivity index (χ3n) is 3.06. The van der Waals surface area contributed by atoms with Crippen molar-refractivity contribution in [1.29, 1.82) is 0 Å². The minimum absolute atomic E-state index is 0.0140. The first-order valence-electron chi connectivity index (χ1n) is 5.63. The van der Waals surface area contributed by atoms with Crippen molar-refractivity contribution in [2.24, 2.45) is 0 Å². The maximum Gasteiger partial charge on any atom is 0.244 e. The summed E-state index contributed by atoms with van der Waals surface area (Å²) in [6, 6.07) is 2.56. The van der Waals surface area contributed by atoms with Gasteiger partial charge in [0.25, 0.3) is 0 Å². The predicted molar refractivity (Wildman–Crippen MR) is 75.0 cm³/mol. The maximum atomic E-state index is 12.2. The zero-order valence-corrected chi connectivity index (χ0v) is 12.5. The Balaban J connectivity index is 2.21. The van der Waals surface area contributed by atoms with Gasteiger partial charge in [0.05, 0.1) is 16.8 Å². The molecule has 0 aliphatic heterocycles. The van der Waals surface area contributed by atoms with E-state index in [2.05, 4.69) is 4.72 Å². The molecule has 1 aliphatic rings. The summed E-state index contributed by atoms with van der Waals surface area (Å²) in [5.74, 6) is 0. The molecular weight excluding hydrogens is 311 g/mol. The van der Waals surface area contributed by atoms with Crippen LogP contribution >= 0.6 is 23.2 Å². The maximum absolute atomic E-state index is 12.2. The number of hydrogen-bond acceptors (Lipinski definition) is 4. The van der Waals surface area contributed by atoms with E-state index in [0.29, 0.717) is 17.9 Å². The van der Waals surface area contributed by atoms with Crippen molar-refractivity contribution < 1.29 is 13.2 Å². The quantitative estimate of drug-likeness (QED) is 0.830. The van der Waals surface area contributed by atoms with E-state index >= 15 is 0 Å². The standard InChI is InChI=1S/C11H14Cl2N2O3S/c1-18-8-4-7(5-8)15-19(16,17)11-9(13)2-6(12)3-10(11)14/h2-3,7-8,15H,4-5,14H2,1H3. The van der Waals surface area contributed by atoms with Crippen LogP contribution in [0, 0.1) is 0 Å². The average molecular weight is 325 g/mol. The lowest BCUT2D eigenvalue weighted by Crippen LogP contribution is -2.47. The molecule has 2 rings (SSSR count). The van der Waals surface area contributed by atoms with Crippen molar-refractivity contribution >= 4 is 38.9 Å². The number of nitrogen functional groups attached to an aromatic ring is 1. The van der Waals surface area contributed by atoms with Gasteiger partial charge < -0.3 is 10.5 Å². The molecule has 1 fully saturated rings. The van der Waals surface area contributed by atoms with Crippen LogP contribution in [0.1, 0.15) is 12.8 Å². The summed E-state index contributed by atoms with van der Waals surface area (Å²) < 4.78 is 32.1. The van der Waals surface area contributed by atoms with Gasteiger partial charge >= 0.3 is 0 Å². The average Bonchev–Trinajstić information content (AvgIpc) is 2.20. The summed E-state index contributed by atoms with van der Waals surface area (Å²) in [5, 5.41) is 0.310. The van der Waals surface area contributed by atoms with E-state index in [0.717, 1.165) is 0 Å². The molecule has 3 N–H and O–H groups in total. The van der Waals surface area contributed by atoms with Crippen LogP contribution in [-0.4, -0.2) is 27.7 Å². The SMILES string of the molecule is COC1CC(NS(=O)(=O)c2c(N)cc(Cl)cc2Cl)C1. The van der Waals surface area contributed by atoms with Gasteiger partial charge in [-0.25, -0.2) is 13.1 Å². The number of sulfonamides is 1. The van der Waals surface area contributed by atoms with Crippen molar-refractivity contribution in [3.63, 3.8) is 0 Å². The van der Waals surface area contributed by atoms with Crippen LogP contribution in [0.5, 0.6) is 0 Å². The Morgan fingerprint density at radius 1 is 1.37 bits per heavy atom. The van der Waals surface area contributed by atoms with Crippen LogP contribution in [0.2, 0.25) is 10.0 Å². The Morgan fingerprint density at radius 3 is 2.53 bits per heavy atom. The van der Waals surface area contributed by atoms with Gasteiger partial charge in [-0.05, 0) is 25.0 Å². The summed E-state index contributed by atoms with van der Waals surface area (Å²) in [6.07, 6.45) is 1.38. The fourth-order valence-corrected chi connectivity index (χ4v) is 4.24. The van der Waals surface area contributed by atoms with Gasteiger partial charge in [0.15, 0.2) is 0 Å². The topological polar surface area (TPSA) is 81.4 Å². The highest BCUT2D eigenvalue weighted by Crippen LogP contribution is 2.32. The summed E-state index contributed by atoms with van der Waals surface area (Å²) in [7, 11) is -2.15. The van der Waals surface area contributed by atoms with Gasteiger partial charge in [-0.2, -0.15) is 0 Å². The Hall–Kier alpha value is -0.530. The third-order valence-corrected chi connectivity index (χ3v) is 5.32. The van der Waals surface area contributed by atoms with E-state index in [1.165, 1.54) is 12.1 Å². The number of methoxy groups -OCH3 is 1. The van der Waals surface area contributed by atoms with E-state index in [1.807, 2.05) is 0 Å². The van der Waals surface area contributed by atoms with Crippen LogP contribution in [0.15, 0.2) is 17.0 Å². The van der Waals surface area contributed by atoms with Crippen molar-refractivity contribution in [3.05, 3.63) is 22.2 Å². The number of rotatable bonds is 4. The highest BCUT2D eigenvalue weighted by atomic mass is 35.5. The molecule has 1 saturated carbocycles. The van der Waals surface area contributed by atoms with Gasteiger partial charge in [0.1, 0.15) is 4.90 Å². The molecule has 1 aromatic rings. The Morgan fingerprint density at radius 2 is 2.00 bits per heavy atom. The zero-order chi connectivity index (χ0) is 14.2. The fourth-order valence-electron chi connectivity index (χ4n) is 2.00. The molecule has 1 aliphatic carbocycles. The van der Waals surface area contributed by atoms with Crippen LogP contribution in [0.25, 0.3) is 0 Å². The van der Waals surface area contributed by atoms with E-state index in [-0.39, 0.29) is 27.8 Å². The molecule has 1 aromatic carbocycles. The molecule has 0 bridgehead atoms. The minimum Gasteiger partial charge on any atom is -0.398 e. The largest absolute Gasteiger partial charge is 0.398 e. The van der Waals surface area contributed by atoms with Gasteiger partial charge in [0, 0.05) is 18.2 Å². The lowest BCUT2D eigenvalue weighted by molar-refractivity contribution is 0.0236. The molecule has 0 unspecified atom stereocenters. The van der Waals surface area contributed by atoms with E-state index in [9.17, 15) is 8.42 Å². The second kappa shape index (κ2) is 5.46. The molecule has 0 saturated heterocycles. The first-order valence-corrected chi connectivity index (χ1v) is 7.87. The second-order valence-corrected chi connectivity index (χ2v) is 6.95. The Kier molecular flexibility index (Phi) is 4.27. The third kappa shape index (κ3) is 3.14. The van der Waals surface area contributed by atoms with Crippen molar-refractivity contribution in [2.75, 3.05) is 12.8 Å². The van der Waals surface area contributed by atoms with Crippen molar-refractivity contribution in [3.8, 4) is 0 Å². The second-order valence-electron chi connectivity index (χ2n) is 4.45. The molecular formula is C11H14Cl2N2O3S. The molecule has 0 aromatic heterocycles. The molecule has 0 radical (unpaired) electrons. The van der Waals surface area contributed by atoms with Gasteiger partial charge in [0.2, 0.25) is 10.0 Å². The van der Waals surface area contributed by atoms with Gasteiger partial charge in [-0.15, -0.1) is 0 Å². The Bertz CT molecular complexity index is 563. The zero-order valence-electron chi connectivity index (χ0n) is 10.2. The summed E-state index contributed by atoms with van der Waals surface area (Å²) >= 11 is 11.7. The van der Waals surface area contributed by atoms with Gasteiger partial charge in [-0.1, -0.05) is 23.2 Å². The highest BCUT2D eigenvalue weighted by molar-refractivity contribution is 7.89. The number of nitrogens with one attached hydrogen (secondary N) is 1. The molecule has 0 atom stereocenters. The fraction of sp³-hybridized carbons (Fsp3) is 0.455. The summed E-state index contributed by atoms with van der Waals surface area (Å²) in [4.78, 5) is -0.126. The first-order chi connectivity index (χ1) is 8.83. The molecule has 106 valence electrons. The summed E-state index contributed by atoms with van der Waals surface area (Å²) in [5.41, 5.74) is 5.72. The Labute approximate surface area is 122 Å². The normalized spacial score (nSPS) is 23.1. The van der Waals surface area contributed by atoms with Crippen LogP contribution < -0.4 is 10.5 Å². The minimum atomic E-state index is -3.75. The molecule has 8 heteroatoms. The van der Waals surface area contributed by atoms with Crippen LogP contribution in [-0.2, 0) is 14.8 Å². The molecule has 0 spiro atoms. The molecule has 0 heterocycles. The number of ether oxygens (including phenoxy) is 1. The lowest BCUT2D eigenvalue weighted by atomic mass is 9.90. The number of halogens is 2. The number of benzene rings is 1. The van der Waals surface area contributed by atoms with Crippen LogP contribution in [0.3, 0.4) is 0 Å². The van der Waals surface area contributed by atoms with Crippen LogP contribution in [0.4, 0.5) is 5.69 Å². The number of anilines is 1. The molecule has 5 nitrogen and oxygen atoms in total. The van der Waals surface area contributed by atoms with Crippen molar-refractivity contribution in [1.82, 2.24) is 4.72 Å². The smallest absolute Gasteiger partial charge is 0.244 e. The molecule has 19 heavy (non-hydrogen) atoms. The number of hydrogen-bond donors (Lipinski definition) is 2. The van der Waals surface area contributed by atoms with E-state index in [1.54, 1.807) is 7.11 Å². The highest BCUT2D eigenvalue weighted by Gasteiger charge is 2.34.